The maximum atomic E-state index is 12.2. The van der Waals surface area contributed by atoms with Crippen molar-refractivity contribution in [1.29, 1.82) is 0 Å². The van der Waals surface area contributed by atoms with E-state index in [1.54, 1.807) is 24.3 Å². The zero-order valence-corrected chi connectivity index (χ0v) is 18.4. The van der Waals surface area contributed by atoms with Gasteiger partial charge in [0.05, 0.1) is 10.7 Å². The van der Waals surface area contributed by atoms with Gasteiger partial charge in [-0.05, 0) is 48.4 Å². The second-order valence-corrected chi connectivity index (χ2v) is 8.00. The fraction of sp³-hybridized carbons (Fsp3) is 0.304. The van der Waals surface area contributed by atoms with Gasteiger partial charge < -0.3 is 15.1 Å². The molecule has 2 aromatic carbocycles. The number of benzene rings is 2. The van der Waals surface area contributed by atoms with Crippen LogP contribution in [-0.2, 0) is 9.59 Å². The number of halogens is 2. The maximum absolute atomic E-state index is 12.2. The zero-order chi connectivity index (χ0) is 21.5. The van der Waals surface area contributed by atoms with E-state index in [1.165, 1.54) is 6.08 Å². The number of amides is 2. The molecule has 0 spiro atoms. The molecule has 1 saturated heterocycles. The minimum absolute atomic E-state index is 0.216. The summed E-state index contributed by atoms with van der Waals surface area (Å²) >= 11 is 12.3. The van der Waals surface area contributed by atoms with Gasteiger partial charge in [0.2, 0.25) is 11.8 Å². The SMILES string of the molecule is CCCC(=O)N1CCN(c2ccc(NC(=O)/C=C/c3ccc(Cl)cc3)cc2Cl)CC1. The van der Waals surface area contributed by atoms with Crippen molar-refractivity contribution < 1.29 is 9.59 Å². The van der Waals surface area contributed by atoms with Crippen molar-refractivity contribution in [2.24, 2.45) is 0 Å². The minimum atomic E-state index is -0.239. The Morgan fingerprint density at radius 3 is 2.37 bits per heavy atom. The van der Waals surface area contributed by atoms with Gasteiger partial charge in [0.15, 0.2) is 0 Å². The van der Waals surface area contributed by atoms with E-state index in [-0.39, 0.29) is 11.8 Å². The summed E-state index contributed by atoms with van der Waals surface area (Å²) in [5.41, 5.74) is 2.43. The Kier molecular flexibility index (Phi) is 7.77. The van der Waals surface area contributed by atoms with Crippen LogP contribution in [-0.4, -0.2) is 42.9 Å². The van der Waals surface area contributed by atoms with Crippen LogP contribution in [0, 0.1) is 0 Å². The van der Waals surface area contributed by atoms with E-state index < -0.39 is 0 Å². The molecule has 0 atom stereocenters. The number of carbonyl (C=O) groups is 2. The van der Waals surface area contributed by atoms with Gasteiger partial charge >= 0.3 is 0 Å². The zero-order valence-electron chi connectivity index (χ0n) is 16.9. The fourth-order valence-corrected chi connectivity index (χ4v) is 3.77. The number of nitrogens with one attached hydrogen (secondary N) is 1. The van der Waals surface area contributed by atoms with E-state index in [1.807, 2.05) is 36.1 Å². The van der Waals surface area contributed by atoms with Gasteiger partial charge in [0.25, 0.3) is 0 Å². The summed E-state index contributed by atoms with van der Waals surface area (Å²) in [4.78, 5) is 28.3. The van der Waals surface area contributed by atoms with E-state index in [2.05, 4.69) is 10.2 Å². The Balaban J connectivity index is 1.57. The average molecular weight is 446 g/mol. The summed E-state index contributed by atoms with van der Waals surface area (Å²) in [6, 6.07) is 12.7. The van der Waals surface area contributed by atoms with Crippen LogP contribution >= 0.6 is 23.2 Å². The molecule has 5 nitrogen and oxygen atoms in total. The van der Waals surface area contributed by atoms with E-state index in [4.69, 9.17) is 23.2 Å². The smallest absolute Gasteiger partial charge is 0.248 e. The van der Waals surface area contributed by atoms with Crippen LogP contribution in [0.3, 0.4) is 0 Å². The normalized spacial score (nSPS) is 14.2. The molecule has 0 bridgehead atoms. The van der Waals surface area contributed by atoms with Crippen LogP contribution < -0.4 is 10.2 Å². The lowest BCUT2D eigenvalue weighted by Gasteiger charge is -2.36. The van der Waals surface area contributed by atoms with Gasteiger partial charge in [0.1, 0.15) is 0 Å². The van der Waals surface area contributed by atoms with Crippen molar-refractivity contribution in [3.63, 3.8) is 0 Å². The Bertz CT molecular complexity index is 921. The van der Waals surface area contributed by atoms with Gasteiger partial charge in [-0.1, -0.05) is 42.3 Å². The number of hydrogen-bond acceptors (Lipinski definition) is 3. The summed E-state index contributed by atoms with van der Waals surface area (Å²) in [6.07, 6.45) is 4.66. The molecule has 30 heavy (non-hydrogen) atoms. The number of anilines is 2. The molecule has 0 unspecified atom stereocenters. The number of nitrogens with zero attached hydrogens (tertiary/aromatic N) is 2. The summed E-state index contributed by atoms with van der Waals surface area (Å²) < 4.78 is 0. The van der Waals surface area contributed by atoms with Crippen LogP contribution in [0.4, 0.5) is 11.4 Å². The Hall–Kier alpha value is -2.50. The molecule has 2 amide bonds. The van der Waals surface area contributed by atoms with Gasteiger partial charge in [-0.2, -0.15) is 0 Å². The molecule has 3 rings (SSSR count). The number of carbonyl (C=O) groups excluding carboxylic acids is 2. The predicted octanol–water partition coefficient (Wildman–Crippen LogP) is 5.09. The second kappa shape index (κ2) is 10.5. The number of rotatable bonds is 6. The quantitative estimate of drug-likeness (QED) is 0.629. The largest absolute Gasteiger partial charge is 0.367 e. The Labute approximate surface area is 187 Å². The average Bonchev–Trinajstić information content (AvgIpc) is 2.74. The summed E-state index contributed by atoms with van der Waals surface area (Å²) in [5, 5.41) is 4.05. The summed E-state index contributed by atoms with van der Waals surface area (Å²) in [6.45, 7) is 4.89. The monoisotopic (exact) mass is 445 g/mol. The van der Waals surface area contributed by atoms with E-state index in [0.29, 0.717) is 35.2 Å². The van der Waals surface area contributed by atoms with Crippen molar-refractivity contribution in [2.45, 2.75) is 19.8 Å². The lowest BCUT2D eigenvalue weighted by Crippen LogP contribution is -2.48. The highest BCUT2D eigenvalue weighted by molar-refractivity contribution is 6.33. The van der Waals surface area contributed by atoms with E-state index in [0.717, 1.165) is 30.8 Å². The first-order chi connectivity index (χ1) is 14.5. The maximum Gasteiger partial charge on any atom is 0.248 e. The molecule has 1 aliphatic heterocycles. The molecule has 0 aromatic heterocycles. The predicted molar refractivity (Wildman–Crippen MR) is 124 cm³/mol. The van der Waals surface area contributed by atoms with Gasteiger partial charge in [-0.15, -0.1) is 0 Å². The first-order valence-electron chi connectivity index (χ1n) is 10.0. The minimum Gasteiger partial charge on any atom is -0.367 e. The molecule has 0 radical (unpaired) electrons. The molecule has 1 heterocycles. The van der Waals surface area contributed by atoms with Crippen LogP contribution in [0.1, 0.15) is 25.3 Å². The number of piperazine rings is 1. The molecule has 2 aromatic rings. The Morgan fingerprint density at radius 1 is 1.03 bits per heavy atom. The molecular formula is C23H25Cl2N3O2. The Morgan fingerprint density at radius 2 is 1.73 bits per heavy atom. The molecule has 1 aliphatic rings. The lowest BCUT2D eigenvalue weighted by molar-refractivity contribution is -0.131. The third-order valence-electron chi connectivity index (χ3n) is 4.95. The molecular weight excluding hydrogens is 421 g/mol. The van der Waals surface area contributed by atoms with Crippen molar-refractivity contribution in [3.05, 3.63) is 64.1 Å². The van der Waals surface area contributed by atoms with Gasteiger partial charge in [0, 0.05) is 49.4 Å². The topological polar surface area (TPSA) is 52.7 Å². The third-order valence-corrected chi connectivity index (χ3v) is 5.50. The first-order valence-corrected chi connectivity index (χ1v) is 10.8. The van der Waals surface area contributed by atoms with Crippen LogP contribution in [0.15, 0.2) is 48.5 Å². The molecule has 1 N–H and O–H groups in total. The van der Waals surface area contributed by atoms with E-state index in [9.17, 15) is 9.59 Å². The third kappa shape index (κ3) is 6.00. The van der Waals surface area contributed by atoms with Crippen LogP contribution in [0.5, 0.6) is 0 Å². The van der Waals surface area contributed by atoms with Crippen LogP contribution in [0.25, 0.3) is 6.08 Å². The molecule has 1 fully saturated rings. The number of hydrogen-bond donors (Lipinski definition) is 1. The van der Waals surface area contributed by atoms with Crippen molar-refractivity contribution in [2.75, 3.05) is 36.4 Å². The molecule has 0 saturated carbocycles. The highest BCUT2D eigenvalue weighted by atomic mass is 35.5. The van der Waals surface area contributed by atoms with Crippen molar-refractivity contribution in [1.82, 2.24) is 4.90 Å². The van der Waals surface area contributed by atoms with E-state index >= 15 is 0 Å². The van der Waals surface area contributed by atoms with Crippen LogP contribution in [0.2, 0.25) is 10.0 Å². The molecule has 0 aliphatic carbocycles. The molecule has 7 heteroatoms. The van der Waals surface area contributed by atoms with Gasteiger partial charge in [-0.25, -0.2) is 0 Å². The summed E-state index contributed by atoms with van der Waals surface area (Å²) in [7, 11) is 0. The summed E-state index contributed by atoms with van der Waals surface area (Å²) in [5.74, 6) is -0.0234. The second-order valence-electron chi connectivity index (χ2n) is 7.16. The van der Waals surface area contributed by atoms with Crippen molar-refractivity contribution >= 4 is 52.5 Å². The standard InChI is InChI=1S/C23H25Cl2N3O2/c1-2-3-23(30)28-14-12-27(13-15-28)21-10-9-19(16-20(21)25)26-22(29)11-6-17-4-7-18(24)8-5-17/h4-11,16H,2-3,12-15H2,1H3,(H,26,29)/b11-6+. The highest BCUT2D eigenvalue weighted by Crippen LogP contribution is 2.29. The first kappa shape index (κ1) is 22.2. The highest BCUT2D eigenvalue weighted by Gasteiger charge is 2.22. The van der Waals surface area contributed by atoms with Gasteiger partial charge in [-0.3, -0.25) is 9.59 Å². The molecule has 158 valence electrons. The fourth-order valence-electron chi connectivity index (χ4n) is 3.34. The lowest BCUT2D eigenvalue weighted by atomic mass is 10.2. The van der Waals surface area contributed by atoms with Crippen molar-refractivity contribution in [3.8, 4) is 0 Å².